The van der Waals surface area contributed by atoms with Crippen molar-refractivity contribution in [2.75, 3.05) is 18.5 Å². The number of ether oxygens (including phenoxy) is 1. The van der Waals surface area contributed by atoms with E-state index < -0.39 is 5.91 Å². The summed E-state index contributed by atoms with van der Waals surface area (Å²) >= 11 is 0. The molecule has 98 valence electrons. The zero-order chi connectivity index (χ0) is 12.8. The van der Waals surface area contributed by atoms with E-state index in [1.165, 1.54) is 31.9 Å². The SMILES string of the molecule is NC(=O)c1ccc(NCCOC2CCCC2)nc1. The Balaban J connectivity index is 1.68. The van der Waals surface area contributed by atoms with Crippen LogP contribution >= 0.6 is 0 Å². The van der Waals surface area contributed by atoms with Gasteiger partial charge in [-0.05, 0) is 25.0 Å². The number of amides is 1. The largest absolute Gasteiger partial charge is 0.376 e. The fraction of sp³-hybridized carbons (Fsp3) is 0.538. The average Bonchev–Trinajstić information content (AvgIpc) is 2.88. The fourth-order valence-corrected chi connectivity index (χ4v) is 2.10. The lowest BCUT2D eigenvalue weighted by molar-refractivity contribution is 0.0658. The van der Waals surface area contributed by atoms with Gasteiger partial charge in [-0.1, -0.05) is 12.8 Å². The number of rotatable bonds is 6. The summed E-state index contributed by atoms with van der Waals surface area (Å²) in [6.45, 7) is 1.41. The van der Waals surface area contributed by atoms with Gasteiger partial charge in [0.2, 0.25) is 5.91 Å². The minimum atomic E-state index is -0.460. The first-order chi connectivity index (χ1) is 8.75. The molecule has 0 atom stereocenters. The summed E-state index contributed by atoms with van der Waals surface area (Å²) < 4.78 is 5.72. The first-order valence-corrected chi connectivity index (χ1v) is 6.37. The van der Waals surface area contributed by atoms with E-state index in [1.807, 2.05) is 0 Å². The summed E-state index contributed by atoms with van der Waals surface area (Å²) in [5.41, 5.74) is 5.56. The van der Waals surface area contributed by atoms with Crippen LogP contribution in [0.4, 0.5) is 5.82 Å². The lowest BCUT2D eigenvalue weighted by Crippen LogP contribution is -2.16. The third-order valence-corrected chi connectivity index (χ3v) is 3.11. The summed E-state index contributed by atoms with van der Waals surface area (Å²) in [6.07, 6.45) is 6.86. The smallest absolute Gasteiger partial charge is 0.250 e. The number of nitrogens with one attached hydrogen (secondary N) is 1. The Bertz CT molecular complexity index is 386. The number of hydrogen-bond donors (Lipinski definition) is 2. The number of hydrogen-bond acceptors (Lipinski definition) is 4. The standard InChI is InChI=1S/C13H19N3O2/c14-13(17)10-5-6-12(16-9-10)15-7-8-18-11-3-1-2-4-11/h5-6,9,11H,1-4,7-8H2,(H2,14,17)(H,15,16). The zero-order valence-corrected chi connectivity index (χ0v) is 10.4. The van der Waals surface area contributed by atoms with Crippen molar-refractivity contribution in [2.24, 2.45) is 5.73 Å². The maximum absolute atomic E-state index is 10.9. The Morgan fingerprint density at radius 1 is 1.44 bits per heavy atom. The highest BCUT2D eigenvalue weighted by atomic mass is 16.5. The van der Waals surface area contributed by atoms with Crippen molar-refractivity contribution < 1.29 is 9.53 Å². The maximum Gasteiger partial charge on any atom is 0.250 e. The molecule has 1 fully saturated rings. The minimum Gasteiger partial charge on any atom is -0.376 e. The summed E-state index contributed by atoms with van der Waals surface area (Å²) in [5, 5.41) is 3.15. The lowest BCUT2D eigenvalue weighted by atomic mass is 10.3. The molecule has 0 bridgehead atoms. The zero-order valence-electron chi connectivity index (χ0n) is 10.4. The number of primary amides is 1. The lowest BCUT2D eigenvalue weighted by Gasteiger charge is -2.11. The average molecular weight is 249 g/mol. The van der Waals surface area contributed by atoms with Gasteiger partial charge < -0.3 is 15.8 Å². The summed E-state index contributed by atoms with van der Waals surface area (Å²) in [5.74, 6) is 0.272. The Labute approximate surface area is 107 Å². The van der Waals surface area contributed by atoms with Gasteiger partial charge in [0.15, 0.2) is 0 Å². The van der Waals surface area contributed by atoms with Gasteiger partial charge in [0.1, 0.15) is 5.82 Å². The van der Waals surface area contributed by atoms with Crippen LogP contribution < -0.4 is 11.1 Å². The van der Waals surface area contributed by atoms with E-state index >= 15 is 0 Å². The molecule has 0 aromatic carbocycles. The molecule has 0 unspecified atom stereocenters. The summed E-state index contributed by atoms with van der Waals surface area (Å²) in [6, 6.07) is 3.41. The molecule has 2 rings (SSSR count). The Morgan fingerprint density at radius 3 is 2.83 bits per heavy atom. The number of aromatic nitrogens is 1. The van der Waals surface area contributed by atoms with Crippen molar-refractivity contribution in [3.05, 3.63) is 23.9 Å². The van der Waals surface area contributed by atoms with Gasteiger partial charge in [-0.2, -0.15) is 0 Å². The molecule has 1 saturated carbocycles. The van der Waals surface area contributed by atoms with Crippen molar-refractivity contribution in [3.8, 4) is 0 Å². The van der Waals surface area contributed by atoms with Crippen molar-refractivity contribution in [1.82, 2.24) is 4.98 Å². The van der Waals surface area contributed by atoms with Gasteiger partial charge in [-0.3, -0.25) is 4.79 Å². The predicted molar refractivity (Wildman–Crippen MR) is 69.5 cm³/mol. The van der Waals surface area contributed by atoms with Crippen LogP contribution in [0.1, 0.15) is 36.0 Å². The first-order valence-electron chi connectivity index (χ1n) is 6.37. The molecule has 0 spiro atoms. The molecule has 1 aromatic rings. The van der Waals surface area contributed by atoms with Crippen LogP contribution in [0.3, 0.4) is 0 Å². The van der Waals surface area contributed by atoms with Crippen LogP contribution in [0.25, 0.3) is 0 Å². The first kappa shape index (κ1) is 12.8. The second-order valence-electron chi connectivity index (χ2n) is 4.50. The van der Waals surface area contributed by atoms with E-state index in [-0.39, 0.29) is 0 Å². The minimum absolute atomic E-state index is 0.419. The molecule has 1 aliphatic rings. The van der Waals surface area contributed by atoms with Gasteiger partial charge in [0.25, 0.3) is 0 Å². The summed E-state index contributed by atoms with van der Waals surface area (Å²) in [4.78, 5) is 15.0. The number of anilines is 1. The molecule has 5 nitrogen and oxygen atoms in total. The van der Waals surface area contributed by atoms with Crippen LogP contribution in [-0.4, -0.2) is 30.1 Å². The van der Waals surface area contributed by atoms with Crippen LogP contribution in [0.2, 0.25) is 0 Å². The number of nitrogens with two attached hydrogens (primary N) is 1. The third kappa shape index (κ3) is 3.70. The highest BCUT2D eigenvalue weighted by Crippen LogP contribution is 2.20. The summed E-state index contributed by atoms with van der Waals surface area (Å²) in [7, 11) is 0. The second-order valence-corrected chi connectivity index (χ2v) is 4.50. The third-order valence-electron chi connectivity index (χ3n) is 3.11. The number of carbonyl (C=O) groups is 1. The monoisotopic (exact) mass is 249 g/mol. The maximum atomic E-state index is 10.9. The van der Waals surface area contributed by atoms with Gasteiger partial charge in [0.05, 0.1) is 18.3 Å². The topological polar surface area (TPSA) is 77.2 Å². The Hall–Kier alpha value is -1.62. The van der Waals surface area contributed by atoms with Gasteiger partial charge in [0, 0.05) is 12.7 Å². The van der Waals surface area contributed by atoms with E-state index in [4.69, 9.17) is 10.5 Å². The van der Waals surface area contributed by atoms with Crippen LogP contribution in [-0.2, 0) is 4.74 Å². The van der Waals surface area contributed by atoms with Crippen molar-refractivity contribution in [1.29, 1.82) is 0 Å². The van der Waals surface area contributed by atoms with Crippen molar-refractivity contribution >= 4 is 11.7 Å². The van der Waals surface area contributed by atoms with E-state index in [1.54, 1.807) is 12.1 Å². The predicted octanol–water partition coefficient (Wildman–Crippen LogP) is 1.55. The molecule has 0 radical (unpaired) electrons. The quantitative estimate of drug-likeness (QED) is 0.750. The van der Waals surface area contributed by atoms with E-state index in [2.05, 4.69) is 10.3 Å². The van der Waals surface area contributed by atoms with Gasteiger partial charge >= 0.3 is 0 Å². The van der Waals surface area contributed by atoms with E-state index in [9.17, 15) is 4.79 Å². The van der Waals surface area contributed by atoms with Gasteiger partial charge in [-0.15, -0.1) is 0 Å². The molecule has 5 heteroatoms. The van der Waals surface area contributed by atoms with Crippen molar-refractivity contribution in [2.45, 2.75) is 31.8 Å². The fourth-order valence-electron chi connectivity index (χ4n) is 2.10. The molecule has 1 aromatic heterocycles. The van der Waals surface area contributed by atoms with Crippen molar-refractivity contribution in [3.63, 3.8) is 0 Å². The van der Waals surface area contributed by atoms with Crippen LogP contribution in [0.5, 0.6) is 0 Å². The normalized spacial score (nSPS) is 15.8. The molecule has 18 heavy (non-hydrogen) atoms. The Kier molecular flexibility index (Phi) is 4.52. The highest BCUT2D eigenvalue weighted by molar-refractivity contribution is 5.92. The van der Waals surface area contributed by atoms with Crippen LogP contribution in [0.15, 0.2) is 18.3 Å². The number of nitrogens with zero attached hydrogens (tertiary/aromatic N) is 1. The highest BCUT2D eigenvalue weighted by Gasteiger charge is 2.14. The number of carbonyl (C=O) groups excluding carboxylic acids is 1. The van der Waals surface area contributed by atoms with Crippen LogP contribution in [0, 0.1) is 0 Å². The second kappa shape index (κ2) is 6.35. The molecule has 0 saturated heterocycles. The number of pyridine rings is 1. The molecule has 3 N–H and O–H groups in total. The Morgan fingerprint density at radius 2 is 2.22 bits per heavy atom. The molecule has 1 heterocycles. The molecular formula is C13H19N3O2. The van der Waals surface area contributed by atoms with E-state index in [0.717, 1.165) is 12.4 Å². The van der Waals surface area contributed by atoms with E-state index in [0.29, 0.717) is 18.3 Å². The molecule has 1 aliphatic carbocycles. The molecule has 0 aliphatic heterocycles. The molecule has 1 amide bonds. The molecular weight excluding hydrogens is 230 g/mol. The van der Waals surface area contributed by atoms with Gasteiger partial charge in [-0.25, -0.2) is 4.98 Å².